The van der Waals surface area contributed by atoms with Crippen LogP contribution in [0.3, 0.4) is 0 Å². The van der Waals surface area contributed by atoms with Crippen molar-refractivity contribution in [2.24, 2.45) is 0 Å². The molecule has 22 heavy (non-hydrogen) atoms. The molecule has 1 heterocycles. The van der Waals surface area contributed by atoms with Crippen molar-refractivity contribution < 1.29 is 9.90 Å². The lowest BCUT2D eigenvalue weighted by Crippen LogP contribution is -2.32. The van der Waals surface area contributed by atoms with Gasteiger partial charge in [0.15, 0.2) is 0 Å². The van der Waals surface area contributed by atoms with Crippen molar-refractivity contribution in [3.8, 4) is 0 Å². The Hall–Kier alpha value is -1.82. The van der Waals surface area contributed by atoms with Crippen LogP contribution < -0.4 is 10.9 Å². The number of benzene rings is 1. The summed E-state index contributed by atoms with van der Waals surface area (Å²) in [4.78, 5) is 26.2. The Morgan fingerprint density at radius 3 is 2.68 bits per heavy atom. The number of carbonyl (C=O) groups is 1. The highest BCUT2D eigenvalue weighted by Gasteiger charge is 2.15. The van der Waals surface area contributed by atoms with Crippen molar-refractivity contribution in [2.75, 3.05) is 6.54 Å². The number of H-pyrrole nitrogens is 1. The third-order valence-electron chi connectivity index (χ3n) is 3.08. The topological polar surface area (TPSA) is 82.2 Å². The number of amides is 1. The maximum atomic E-state index is 12.0. The standard InChI is InChI=1S/C15H14Cl2N2O3/c1-8-2-4-11(15(22)19-8)14(21)18-7-13(20)10-5-3-9(16)6-12(10)17/h2-6,13,20H,7H2,1H3,(H,18,21)(H,19,22). The first-order valence-corrected chi connectivity index (χ1v) is 7.25. The number of nitrogens with one attached hydrogen (secondary N) is 2. The van der Waals surface area contributed by atoms with Crippen LogP contribution in [0, 0.1) is 6.92 Å². The van der Waals surface area contributed by atoms with E-state index in [1.54, 1.807) is 25.1 Å². The largest absolute Gasteiger partial charge is 0.387 e. The van der Waals surface area contributed by atoms with E-state index in [-0.39, 0.29) is 12.1 Å². The molecule has 1 unspecified atom stereocenters. The normalized spacial score (nSPS) is 12.0. The van der Waals surface area contributed by atoms with Crippen molar-refractivity contribution in [3.05, 3.63) is 67.6 Å². The lowest BCUT2D eigenvalue weighted by atomic mass is 10.1. The number of aryl methyl sites for hydroxylation is 1. The van der Waals surface area contributed by atoms with Gasteiger partial charge in [-0.15, -0.1) is 0 Å². The van der Waals surface area contributed by atoms with Crippen LogP contribution >= 0.6 is 23.2 Å². The van der Waals surface area contributed by atoms with Gasteiger partial charge in [-0.05, 0) is 31.2 Å². The van der Waals surface area contributed by atoms with Gasteiger partial charge < -0.3 is 15.4 Å². The summed E-state index contributed by atoms with van der Waals surface area (Å²) in [6.45, 7) is 1.64. The summed E-state index contributed by atoms with van der Waals surface area (Å²) >= 11 is 11.8. The summed E-state index contributed by atoms with van der Waals surface area (Å²) in [6, 6.07) is 7.75. The molecule has 0 aliphatic carbocycles. The molecular weight excluding hydrogens is 327 g/mol. The second-order valence-electron chi connectivity index (χ2n) is 4.78. The van der Waals surface area contributed by atoms with E-state index in [9.17, 15) is 14.7 Å². The third-order valence-corrected chi connectivity index (χ3v) is 3.64. The zero-order valence-electron chi connectivity index (χ0n) is 11.7. The molecular formula is C15H14Cl2N2O3. The van der Waals surface area contributed by atoms with Crippen molar-refractivity contribution >= 4 is 29.1 Å². The van der Waals surface area contributed by atoms with E-state index in [0.29, 0.717) is 21.3 Å². The maximum absolute atomic E-state index is 12.0. The van der Waals surface area contributed by atoms with Gasteiger partial charge in [-0.25, -0.2) is 0 Å². The number of pyridine rings is 1. The molecule has 5 nitrogen and oxygen atoms in total. The molecule has 116 valence electrons. The minimum atomic E-state index is -1.00. The van der Waals surface area contributed by atoms with Gasteiger partial charge in [0.2, 0.25) is 0 Å². The third kappa shape index (κ3) is 3.88. The molecule has 3 N–H and O–H groups in total. The van der Waals surface area contributed by atoms with Crippen LogP contribution in [0.15, 0.2) is 35.1 Å². The number of aliphatic hydroxyl groups is 1. The van der Waals surface area contributed by atoms with Crippen molar-refractivity contribution in [2.45, 2.75) is 13.0 Å². The van der Waals surface area contributed by atoms with Crippen LogP contribution in [0.1, 0.15) is 27.7 Å². The second-order valence-corrected chi connectivity index (χ2v) is 5.62. The number of hydrogen-bond donors (Lipinski definition) is 3. The van der Waals surface area contributed by atoms with E-state index in [1.165, 1.54) is 12.1 Å². The molecule has 0 fully saturated rings. The number of halogens is 2. The SMILES string of the molecule is Cc1ccc(C(=O)NCC(O)c2ccc(Cl)cc2Cl)c(=O)[nH]1. The van der Waals surface area contributed by atoms with Crippen molar-refractivity contribution in [3.63, 3.8) is 0 Å². The molecule has 0 bridgehead atoms. The summed E-state index contributed by atoms with van der Waals surface area (Å²) in [5.41, 5.74) is 0.621. The summed E-state index contributed by atoms with van der Waals surface area (Å²) in [5.74, 6) is -0.564. The molecule has 1 atom stereocenters. The van der Waals surface area contributed by atoms with Crippen LogP contribution in [-0.4, -0.2) is 22.5 Å². The first-order chi connectivity index (χ1) is 10.4. The van der Waals surface area contributed by atoms with E-state index in [4.69, 9.17) is 23.2 Å². The van der Waals surface area contributed by atoms with Gasteiger partial charge in [0.05, 0.1) is 6.10 Å². The highest BCUT2D eigenvalue weighted by molar-refractivity contribution is 6.35. The minimum Gasteiger partial charge on any atom is -0.387 e. The van der Waals surface area contributed by atoms with Gasteiger partial charge in [0, 0.05) is 27.8 Å². The van der Waals surface area contributed by atoms with Crippen LogP contribution in [0.4, 0.5) is 0 Å². The van der Waals surface area contributed by atoms with Gasteiger partial charge in [0.25, 0.3) is 11.5 Å². The zero-order valence-corrected chi connectivity index (χ0v) is 13.2. The minimum absolute atomic E-state index is 0.0139. The van der Waals surface area contributed by atoms with E-state index in [0.717, 1.165) is 0 Å². The predicted molar refractivity (Wildman–Crippen MR) is 85.6 cm³/mol. The fraction of sp³-hybridized carbons (Fsp3) is 0.200. The molecule has 0 radical (unpaired) electrons. The number of aliphatic hydroxyl groups excluding tert-OH is 1. The Bertz CT molecular complexity index is 759. The Morgan fingerprint density at radius 1 is 1.32 bits per heavy atom. The van der Waals surface area contributed by atoms with Crippen molar-refractivity contribution in [1.82, 2.24) is 10.3 Å². The summed E-state index contributed by atoms with van der Waals surface area (Å²) in [7, 11) is 0. The maximum Gasteiger partial charge on any atom is 0.260 e. The van der Waals surface area contributed by atoms with Gasteiger partial charge in [-0.3, -0.25) is 9.59 Å². The Morgan fingerprint density at radius 2 is 2.05 bits per heavy atom. The number of aromatic nitrogens is 1. The Kier molecular flexibility index (Phi) is 5.24. The van der Waals surface area contributed by atoms with Crippen molar-refractivity contribution in [1.29, 1.82) is 0 Å². The Balaban J connectivity index is 2.05. The molecule has 0 saturated carbocycles. The summed E-state index contributed by atoms with van der Waals surface area (Å²) in [5, 5.41) is 13.3. The van der Waals surface area contributed by atoms with Gasteiger partial charge >= 0.3 is 0 Å². The molecule has 7 heteroatoms. The van der Waals surface area contributed by atoms with Gasteiger partial charge in [-0.1, -0.05) is 29.3 Å². The average molecular weight is 341 g/mol. The lowest BCUT2D eigenvalue weighted by Gasteiger charge is -2.14. The van der Waals surface area contributed by atoms with E-state index in [1.807, 2.05) is 0 Å². The molecule has 2 rings (SSSR count). The van der Waals surface area contributed by atoms with Crippen LogP contribution in [0.2, 0.25) is 10.0 Å². The second kappa shape index (κ2) is 6.96. The highest BCUT2D eigenvalue weighted by Crippen LogP contribution is 2.25. The fourth-order valence-electron chi connectivity index (χ4n) is 1.92. The summed E-state index contributed by atoms with van der Waals surface area (Å²) in [6.07, 6.45) is -1.00. The highest BCUT2D eigenvalue weighted by atomic mass is 35.5. The molecule has 0 spiro atoms. The molecule has 0 saturated heterocycles. The van der Waals surface area contributed by atoms with Crippen LogP contribution in [0.25, 0.3) is 0 Å². The predicted octanol–water partition coefficient (Wildman–Crippen LogP) is 2.45. The molecule has 0 aliphatic rings. The average Bonchev–Trinajstić information content (AvgIpc) is 2.44. The Labute approximate surface area is 136 Å². The molecule has 1 aromatic carbocycles. The van der Waals surface area contributed by atoms with E-state index in [2.05, 4.69) is 10.3 Å². The number of hydrogen-bond acceptors (Lipinski definition) is 3. The van der Waals surface area contributed by atoms with E-state index < -0.39 is 17.6 Å². The smallest absolute Gasteiger partial charge is 0.260 e. The van der Waals surface area contributed by atoms with Gasteiger partial charge in [-0.2, -0.15) is 0 Å². The monoisotopic (exact) mass is 340 g/mol. The van der Waals surface area contributed by atoms with E-state index >= 15 is 0 Å². The molecule has 1 aromatic heterocycles. The van der Waals surface area contributed by atoms with Crippen LogP contribution in [-0.2, 0) is 0 Å². The molecule has 1 amide bonds. The first kappa shape index (κ1) is 16.5. The van der Waals surface area contributed by atoms with Crippen LogP contribution in [0.5, 0.6) is 0 Å². The lowest BCUT2D eigenvalue weighted by molar-refractivity contribution is 0.0915. The zero-order chi connectivity index (χ0) is 16.3. The first-order valence-electron chi connectivity index (χ1n) is 6.49. The number of aromatic amines is 1. The number of rotatable bonds is 4. The van der Waals surface area contributed by atoms with Gasteiger partial charge in [0.1, 0.15) is 5.56 Å². The summed E-state index contributed by atoms with van der Waals surface area (Å²) < 4.78 is 0. The fourth-order valence-corrected chi connectivity index (χ4v) is 2.45. The molecule has 0 aliphatic heterocycles. The number of carbonyl (C=O) groups excluding carboxylic acids is 1. The quantitative estimate of drug-likeness (QED) is 0.799. The molecule has 2 aromatic rings.